The number of aromatic nitrogens is 4. The Hall–Kier alpha value is -2.39. The number of tetrazole rings is 1. The first kappa shape index (κ1) is 20.3. The molecule has 0 aliphatic heterocycles. The topological polar surface area (TPSA) is 75.9 Å². The van der Waals surface area contributed by atoms with Gasteiger partial charge in [-0.1, -0.05) is 36.0 Å². The van der Waals surface area contributed by atoms with Gasteiger partial charge in [0.2, 0.25) is 11.1 Å². The number of nitrogens with one attached hydrogen (secondary N) is 1. The molecule has 1 N–H and O–H groups in total. The van der Waals surface area contributed by atoms with E-state index in [0.29, 0.717) is 24.0 Å². The molecule has 0 fully saturated rings. The summed E-state index contributed by atoms with van der Waals surface area (Å²) >= 11 is 3.09. The van der Waals surface area contributed by atoms with Crippen molar-refractivity contribution >= 4 is 34.7 Å². The predicted molar refractivity (Wildman–Crippen MR) is 114 cm³/mol. The highest BCUT2D eigenvalue weighted by atomic mass is 32.2. The van der Waals surface area contributed by atoms with Crippen LogP contribution in [0.2, 0.25) is 0 Å². The Labute approximate surface area is 173 Å². The molecule has 1 aromatic carbocycles. The highest BCUT2D eigenvalue weighted by Gasteiger charge is 2.10. The molecule has 0 bridgehead atoms. The number of benzene rings is 1. The number of thioether (sulfide) groups is 1. The van der Waals surface area contributed by atoms with Crippen LogP contribution < -0.4 is 10.2 Å². The molecular weight excluding hydrogens is 392 g/mol. The number of amides is 1. The maximum absolute atomic E-state index is 12.1. The maximum atomic E-state index is 12.1. The summed E-state index contributed by atoms with van der Waals surface area (Å²) in [6, 6.07) is 14.4. The van der Waals surface area contributed by atoms with Gasteiger partial charge >= 0.3 is 0 Å². The lowest BCUT2D eigenvalue weighted by molar-refractivity contribution is -0.118. The molecule has 3 aromatic rings. The number of thiophene rings is 1. The number of para-hydroxylation sites is 1. The average molecular weight is 417 g/mol. The number of carbonyl (C=O) groups is 1. The summed E-state index contributed by atoms with van der Waals surface area (Å²) in [6.45, 7) is 2.25. The second-order valence-electron chi connectivity index (χ2n) is 6.26. The van der Waals surface area contributed by atoms with Crippen LogP contribution in [0.5, 0.6) is 0 Å². The van der Waals surface area contributed by atoms with Gasteiger partial charge in [0.15, 0.2) is 0 Å². The van der Waals surface area contributed by atoms with Crippen LogP contribution in [0, 0.1) is 0 Å². The molecule has 0 saturated carbocycles. The van der Waals surface area contributed by atoms with Crippen LogP contribution in [-0.4, -0.2) is 52.0 Å². The lowest BCUT2D eigenvalue weighted by atomic mass is 10.3. The lowest BCUT2D eigenvalue weighted by Crippen LogP contribution is -2.29. The van der Waals surface area contributed by atoms with Crippen LogP contribution in [-0.2, 0) is 17.8 Å². The van der Waals surface area contributed by atoms with E-state index in [0.717, 1.165) is 19.4 Å². The van der Waals surface area contributed by atoms with Gasteiger partial charge in [-0.2, -0.15) is 0 Å². The Bertz CT molecular complexity index is 837. The number of hydrogen-bond donors (Lipinski definition) is 1. The van der Waals surface area contributed by atoms with E-state index in [4.69, 9.17) is 0 Å². The normalized spacial score (nSPS) is 10.8. The highest BCUT2D eigenvalue weighted by Crippen LogP contribution is 2.15. The molecular formula is C19H24N6OS2. The minimum atomic E-state index is 0.000158. The number of anilines is 1. The first-order valence-electron chi connectivity index (χ1n) is 9.16. The van der Waals surface area contributed by atoms with Crippen LogP contribution in [0.1, 0.15) is 11.3 Å². The number of carbonyl (C=O) groups excluding carboxylic acids is 1. The summed E-state index contributed by atoms with van der Waals surface area (Å²) in [5.74, 6) is 0.314. The largest absolute Gasteiger partial charge is 0.375 e. The van der Waals surface area contributed by atoms with Crippen molar-refractivity contribution in [3.8, 4) is 0 Å². The molecule has 2 aromatic heterocycles. The minimum absolute atomic E-state index is 0.000158. The van der Waals surface area contributed by atoms with Gasteiger partial charge in [0, 0.05) is 37.1 Å². The van der Waals surface area contributed by atoms with Crippen LogP contribution >= 0.6 is 23.1 Å². The molecule has 0 aliphatic rings. The average Bonchev–Trinajstić information content (AvgIpc) is 3.40. The Balaban J connectivity index is 1.33. The van der Waals surface area contributed by atoms with Crippen molar-refractivity contribution in [2.75, 3.05) is 30.8 Å². The quantitative estimate of drug-likeness (QED) is 0.383. The summed E-state index contributed by atoms with van der Waals surface area (Å²) in [4.78, 5) is 15.6. The molecule has 7 nitrogen and oxygen atoms in total. The van der Waals surface area contributed by atoms with Crippen LogP contribution in [0.15, 0.2) is 53.0 Å². The van der Waals surface area contributed by atoms with Crippen molar-refractivity contribution in [2.45, 2.75) is 24.5 Å². The molecule has 0 aliphatic carbocycles. The van der Waals surface area contributed by atoms with Crippen LogP contribution in [0.4, 0.5) is 5.69 Å². The van der Waals surface area contributed by atoms with Crippen molar-refractivity contribution in [3.63, 3.8) is 0 Å². The van der Waals surface area contributed by atoms with Gasteiger partial charge in [-0.25, -0.2) is 4.68 Å². The second kappa shape index (κ2) is 10.8. The summed E-state index contributed by atoms with van der Waals surface area (Å²) in [5, 5.41) is 17.5. The first-order chi connectivity index (χ1) is 13.7. The second-order valence-corrected chi connectivity index (χ2v) is 8.24. The van der Waals surface area contributed by atoms with Gasteiger partial charge in [0.25, 0.3) is 0 Å². The lowest BCUT2D eigenvalue weighted by Gasteiger charge is -2.19. The molecule has 148 valence electrons. The van der Waals surface area contributed by atoms with Gasteiger partial charge in [-0.15, -0.1) is 16.4 Å². The van der Waals surface area contributed by atoms with E-state index < -0.39 is 0 Å². The fourth-order valence-corrected chi connectivity index (χ4v) is 4.08. The van der Waals surface area contributed by atoms with Crippen molar-refractivity contribution in [1.82, 2.24) is 25.5 Å². The number of aryl methyl sites for hydroxylation is 2. The third-order valence-corrected chi connectivity index (χ3v) is 6.06. The van der Waals surface area contributed by atoms with E-state index in [9.17, 15) is 4.79 Å². The number of hydrogen-bond acceptors (Lipinski definition) is 7. The van der Waals surface area contributed by atoms with E-state index in [1.807, 2.05) is 24.3 Å². The monoisotopic (exact) mass is 416 g/mol. The Kier molecular flexibility index (Phi) is 7.86. The third-order valence-electron chi connectivity index (χ3n) is 4.17. The molecule has 0 spiro atoms. The Morgan fingerprint density at radius 2 is 2.11 bits per heavy atom. The number of nitrogens with zero attached hydrogens (tertiary/aromatic N) is 5. The van der Waals surface area contributed by atoms with E-state index in [2.05, 4.69) is 56.4 Å². The zero-order valence-corrected chi connectivity index (χ0v) is 17.5. The van der Waals surface area contributed by atoms with Gasteiger partial charge < -0.3 is 10.2 Å². The zero-order chi connectivity index (χ0) is 19.6. The summed E-state index contributed by atoms with van der Waals surface area (Å²) < 4.78 is 1.76. The SMILES string of the molecule is CN(CCCNC(=O)CSc1nnnn1CCc1cccs1)c1ccccc1. The van der Waals surface area contributed by atoms with Crippen molar-refractivity contribution in [2.24, 2.45) is 0 Å². The fraction of sp³-hybridized carbons (Fsp3) is 0.368. The molecule has 0 unspecified atom stereocenters. The van der Waals surface area contributed by atoms with E-state index in [1.54, 1.807) is 16.0 Å². The molecule has 0 saturated heterocycles. The van der Waals surface area contributed by atoms with Crippen molar-refractivity contribution < 1.29 is 4.79 Å². The van der Waals surface area contributed by atoms with E-state index in [1.165, 1.54) is 22.3 Å². The Morgan fingerprint density at radius 3 is 2.89 bits per heavy atom. The van der Waals surface area contributed by atoms with Gasteiger partial charge in [0.1, 0.15) is 0 Å². The van der Waals surface area contributed by atoms with E-state index >= 15 is 0 Å². The van der Waals surface area contributed by atoms with Gasteiger partial charge in [-0.3, -0.25) is 4.79 Å². The Morgan fingerprint density at radius 1 is 1.25 bits per heavy atom. The molecule has 3 rings (SSSR count). The molecule has 28 heavy (non-hydrogen) atoms. The number of rotatable bonds is 11. The summed E-state index contributed by atoms with van der Waals surface area (Å²) in [6.07, 6.45) is 1.78. The van der Waals surface area contributed by atoms with Gasteiger partial charge in [0.05, 0.1) is 12.3 Å². The minimum Gasteiger partial charge on any atom is -0.375 e. The summed E-state index contributed by atoms with van der Waals surface area (Å²) in [7, 11) is 2.06. The van der Waals surface area contributed by atoms with Gasteiger partial charge in [-0.05, 0) is 40.4 Å². The van der Waals surface area contributed by atoms with Crippen molar-refractivity contribution in [1.29, 1.82) is 0 Å². The summed E-state index contributed by atoms with van der Waals surface area (Å²) in [5.41, 5.74) is 1.18. The smallest absolute Gasteiger partial charge is 0.230 e. The van der Waals surface area contributed by atoms with E-state index in [-0.39, 0.29) is 5.91 Å². The van der Waals surface area contributed by atoms with Crippen molar-refractivity contribution in [3.05, 3.63) is 52.7 Å². The predicted octanol–water partition coefficient (Wildman–Crippen LogP) is 2.71. The van der Waals surface area contributed by atoms with Crippen LogP contribution in [0.3, 0.4) is 0 Å². The molecule has 1 amide bonds. The zero-order valence-electron chi connectivity index (χ0n) is 15.8. The molecule has 2 heterocycles. The highest BCUT2D eigenvalue weighted by molar-refractivity contribution is 7.99. The maximum Gasteiger partial charge on any atom is 0.230 e. The molecule has 0 atom stereocenters. The first-order valence-corrected chi connectivity index (χ1v) is 11.0. The fourth-order valence-electron chi connectivity index (χ4n) is 2.65. The molecule has 9 heteroatoms. The molecule has 0 radical (unpaired) electrons. The third kappa shape index (κ3) is 6.35. The standard InChI is InChI=1S/C19H24N6OS2/c1-24(16-7-3-2-4-8-16)12-6-11-20-18(26)15-28-19-21-22-23-25(19)13-10-17-9-5-14-27-17/h2-5,7-9,14H,6,10-13,15H2,1H3,(H,20,26). The van der Waals surface area contributed by atoms with Crippen LogP contribution in [0.25, 0.3) is 0 Å².